The summed E-state index contributed by atoms with van der Waals surface area (Å²) in [5.41, 5.74) is -0.741. The summed E-state index contributed by atoms with van der Waals surface area (Å²) in [7, 11) is 0. The Morgan fingerprint density at radius 2 is 1.27 bits per heavy atom. The first-order valence-corrected chi connectivity index (χ1v) is 19.2. The molecule has 7 atom stereocenters. The number of aliphatic hydroxyl groups is 3. The van der Waals surface area contributed by atoms with E-state index in [0.717, 1.165) is 43.4 Å². The molecular weight excluding hydrogens is 704 g/mol. The monoisotopic (exact) mass is 764 g/mol. The third-order valence-electron chi connectivity index (χ3n) is 8.43. The molecule has 1 aliphatic rings. The fraction of sp³-hybridized carbons (Fsp3) is 0.824. The molecule has 0 unspecified atom stereocenters. The van der Waals surface area contributed by atoms with Gasteiger partial charge in [0.1, 0.15) is 48.9 Å². The van der Waals surface area contributed by atoms with Gasteiger partial charge >= 0.3 is 11.9 Å². The Hall–Kier alpha value is -3.03. The summed E-state index contributed by atoms with van der Waals surface area (Å²) in [6.45, 7) is 4.74. The Bertz CT molecular complexity index is 1070. The van der Waals surface area contributed by atoms with Crippen LogP contribution >= 0.6 is 11.8 Å². The Morgan fingerprint density at radius 1 is 0.731 bits per heavy atom. The van der Waals surface area contributed by atoms with Gasteiger partial charge in [0.2, 0.25) is 23.6 Å². The minimum absolute atomic E-state index is 0.111. The van der Waals surface area contributed by atoms with Crippen LogP contribution in [0.1, 0.15) is 97.8 Å². The van der Waals surface area contributed by atoms with E-state index < -0.39 is 90.6 Å². The SMILES string of the molecule is CCCCCC[C@H](NC(=O)CN(CC(=O)N[C@@H](CCCCCC)C(=O)O)C(=O)CCC(=O)NCCOCCS[C@@H]1O[C@@H](C)[C@H](O)[C@@H](O)[C@H]1O)C(=O)O. The normalized spacial score (nSPS) is 21.1. The van der Waals surface area contributed by atoms with Crippen LogP contribution in [0, 0.1) is 0 Å². The van der Waals surface area contributed by atoms with Gasteiger partial charge in [0.25, 0.3) is 0 Å². The predicted molar refractivity (Wildman–Crippen MR) is 191 cm³/mol. The third-order valence-corrected chi connectivity index (χ3v) is 9.55. The Balaban J connectivity index is 2.67. The van der Waals surface area contributed by atoms with E-state index in [1.165, 1.54) is 11.8 Å². The highest BCUT2D eigenvalue weighted by Gasteiger charge is 2.41. The zero-order chi connectivity index (χ0) is 39.1. The lowest BCUT2D eigenvalue weighted by Crippen LogP contribution is -2.55. The predicted octanol–water partition coefficient (Wildman–Crippen LogP) is 0.368. The van der Waals surface area contributed by atoms with Crippen molar-refractivity contribution in [3.8, 4) is 0 Å². The summed E-state index contributed by atoms with van der Waals surface area (Å²) in [6, 6.07) is -2.39. The highest BCUT2D eigenvalue weighted by atomic mass is 32.2. The molecule has 0 spiro atoms. The van der Waals surface area contributed by atoms with E-state index >= 15 is 0 Å². The lowest BCUT2D eigenvalue weighted by atomic mass is 10.0. The lowest BCUT2D eigenvalue weighted by molar-refractivity contribution is -0.192. The Kier molecular flexibility index (Phi) is 24.1. The number of nitrogens with zero attached hydrogens (tertiary/aromatic N) is 1. The highest BCUT2D eigenvalue weighted by Crippen LogP contribution is 2.28. The van der Waals surface area contributed by atoms with Gasteiger partial charge < -0.3 is 55.9 Å². The maximum absolute atomic E-state index is 13.2. The average Bonchev–Trinajstić information content (AvgIpc) is 3.09. The summed E-state index contributed by atoms with van der Waals surface area (Å²) < 4.78 is 11.0. The zero-order valence-corrected chi connectivity index (χ0v) is 31.4. The molecule has 17 nitrogen and oxygen atoms in total. The maximum atomic E-state index is 13.2. The molecule has 1 heterocycles. The number of nitrogens with one attached hydrogen (secondary N) is 3. The van der Waals surface area contributed by atoms with Crippen LogP contribution < -0.4 is 16.0 Å². The number of unbranched alkanes of at least 4 members (excludes halogenated alkanes) is 6. The van der Waals surface area contributed by atoms with Crippen molar-refractivity contribution in [2.75, 3.05) is 38.6 Å². The molecule has 1 aliphatic heterocycles. The number of thioether (sulfide) groups is 1. The van der Waals surface area contributed by atoms with Gasteiger partial charge in [-0.05, 0) is 19.8 Å². The van der Waals surface area contributed by atoms with E-state index in [9.17, 15) is 54.3 Å². The lowest BCUT2D eigenvalue weighted by Gasteiger charge is -2.38. The number of amides is 4. The van der Waals surface area contributed by atoms with Gasteiger partial charge in [0, 0.05) is 25.1 Å². The second-order valence-corrected chi connectivity index (χ2v) is 14.1. The molecule has 1 rings (SSSR count). The summed E-state index contributed by atoms with van der Waals surface area (Å²) in [6.07, 6.45) is 1.69. The van der Waals surface area contributed by atoms with Gasteiger partial charge in [-0.15, -0.1) is 11.8 Å². The highest BCUT2D eigenvalue weighted by molar-refractivity contribution is 7.99. The third kappa shape index (κ3) is 19.2. The molecule has 52 heavy (non-hydrogen) atoms. The quantitative estimate of drug-likeness (QED) is 0.0501. The van der Waals surface area contributed by atoms with E-state index in [2.05, 4.69) is 16.0 Å². The molecule has 18 heteroatoms. The van der Waals surface area contributed by atoms with Gasteiger partial charge in [0.05, 0.1) is 19.3 Å². The molecule has 0 aliphatic carbocycles. The van der Waals surface area contributed by atoms with Crippen molar-refractivity contribution < 1.29 is 63.8 Å². The van der Waals surface area contributed by atoms with Gasteiger partial charge in [-0.2, -0.15) is 0 Å². The fourth-order valence-corrected chi connectivity index (χ4v) is 6.39. The Labute approximate surface area is 309 Å². The number of aliphatic hydroxyl groups excluding tert-OH is 3. The molecule has 4 amide bonds. The molecule has 0 bridgehead atoms. The summed E-state index contributed by atoms with van der Waals surface area (Å²) in [5.74, 6) is -4.95. The van der Waals surface area contributed by atoms with Gasteiger partial charge in [-0.3, -0.25) is 19.2 Å². The van der Waals surface area contributed by atoms with Crippen LogP contribution in [0.25, 0.3) is 0 Å². The van der Waals surface area contributed by atoms with Crippen LogP contribution in [0.2, 0.25) is 0 Å². The van der Waals surface area contributed by atoms with E-state index in [1.807, 2.05) is 13.8 Å². The molecule has 300 valence electrons. The second kappa shape index (κ2) is 26.7. The van der Waals surface area contributed by atoms with Gasteiger partial charge in [-0.25, -0.2) is 9.59 Å². The molecule has 1 fully saturated rings. The van der Waals surface area contributed by atoms with Crippen molar-refractivity contribution >= 4 is 47.3 Å². The van der Waals surface area contributed by atoms with Gasteiger partial charge in [-0.1, -0.05) is 65.2 Å². The summed E-state index contributed by atoms with van der Waals surface area (Å²) >= 11 is 1.21. The first kappa shape index (κ1) is 47.0. The average molecular weight is 765 g/mol. The number of ether oxygens (including phenoxy) is 2. The maximum Gasteiger partial charge on any atom is 0.326 e. The first-order chi connectivity index (χ1) is 24.7. The Morgan fingerprint density at radius 3 is 1.77 bits per heavy atom. The molecule has 0 aromatic heterocycles. The van der Waals surface area contributed by atoms with Crippen LogP contribution in [-0.4, -0.2) is 147 Å². The minimum atomic E-state index is -1.32. The number of carboxylic acid groups (broad SMARTS) is 2. The van der Waals surface area contributed by atoms with Crippen molar-refractivity contribution in [2.45, 2.75) is 140 Å². The summed E-state index contributed by atoms with van der Waals surface area (Å²) in [5, 5.41) is 56.3. The number of rotatable bonds is 28. The van der Waals surface area contributed by atoms with Crippen molar-refractivity contribution in [3.05, 3.63) is 0 Å². The molecular formula is C34H60N4O13S. The number of hydrogen-bond acceptors (Lipinski definition) is 12. The number of aliphatic carboxylic acids is 2. The van der Waals surface area contributed by atoms with Gasteiger partial charge in [0.15, 0.2) is 0 Å². The smallest absolute Gasteiger partial charge is 0.326 e. The number of carbonyl (C=O) groups excluding carboxylic acids is 4. The van der Waals surface area contributed by atoms with Crippen molar-refractivity contribution in [3.63, 3.8) is 0 Å². The fourth-order valence-electron chi connectivity index (χ4n) is 5.33. The van der Waals surface area contributed by atoms with E-state index in [0.29, 0.717) is 18.6 Å². The minimum Gasteiger partial charge on any atom is -0.480 e. The molecule has 8 N–H and O–H groups in total. The number of carbonyl (C=O) groups is 6. The van der Waals surface area contributed by atoms with Crippen LogP contribution in [0.5, 0.6) is 0 Å². The number of carboxylic acids is 2. The van der Waals surface area contributed by atoms with Crippen LogP contribution in [0.4, 0.5) is 0 Å². The molecule has 1 saturated heterocycles. The summed E-state index contributed by atoms with van der Waals surface area (Å²) in [4.78, 5) is 75.8. The topological polar surface area (TPSA) is 261 Å². The first-order valence-electron chi connectivity index (χ1n) is 18.2. The largest absolute Gasteiger partial charge is 0.480 e. The van der Waals surface area contributed by atoms with Crippen molar-refractivity contribution in [2.24, 2.45) is 0 Å². The molecule has 0 saturated carbocycles. The van der Waals surface area contributed by atoms with Crippen molar-refractivity contribution in [1.29, 1.82) is 0 Å². The van der Waals surface area contributed by atoms with Crippen LogP contribution in [-0.2, 0) is 38.2 Å². The second-order valence-electron chi connectivity index (χ2n) is 12.9. The van der Waals surface area contributed by atoms with E-state index in [4.69, 9.17) is 9.47 Å². The molecule has 0 aromatic carbocycles. The standard InChI is InChI=1S/C34H60N4O13S/c1-4-6-8-10-12-23(32(46)47)36-26(40)20-38(21-27(41)37-24(33(48)49)13-11-9-7-5-2)28(42)15-14-25(39)35-16-17-50-18-19-52-34-31(45)30(44)29(43)22(3)51-34/h22-24,29-31,34,43-45H,4-21H2,1-3H3,(H,35,39)(H,36,40)(H,37,41)(H,46,47)(H,48,49)/t22-,23-,24-,29-,30+,31+,34-/m0/s1. The molecule has 0 aromatic rings. The zero-order valence-electron chi connectivity index (χ0n) is 30.6. The number of hydrogen-bond donors (Lipinski definition) is 8. The molecule has 0 radical (unpaired) electrons. The van der Waals surface area contributed by atoms with Crippen LogP contribution in [0.15, 0.2) is 0 Å². The van der Waals surface area contributed by atoms with Crippen molar-refractivity contribution in [1.82, 2.24) is 20.9 Å². The van der Waals surface area contributed by atoms with Crippen LogP contribution in [0.3, 0.4) is 0 Å². The van der Waals surface area contributed by atoms with E-state index in [1.54, 1.807) is 6.92 Å². The van der Waals surface area contributed by atoms with E-state index in [-0.39, 0.29) is 45.4 Å².